The van der Waals surface area contributed by atoms with Crippen molar-refractivity contribution in [2.24, 2.45) is 5.92 Å². The van der Waals surface area contributed by atoms with E-state index < -0.39 is 11.8 Å². The molecule has 7 nitrogen and oxygen atoms in total. The fourth-order valence-electron chi connectivity index (χ4n) is 2.78. The number of amides is 2. The topological polar surface area (TPSA) is 96.9 Å². The van der Waals surface area contributed by atoms with Gasteiger partial charge < -0.3 is 25.2 Å². The van der Waals surface area contributed by atoms with Gasteiger partial charge in [0, 0.05) is 18.7 Å². The van der Waals surface area contributed by atoms with Gasteiger partial charge >= 0.3 is 0 Å². The Hall–Kier alpha value is -3.32. The molecule has 178 valence electrons. The average Bonchev–Trinajstić information content (AvgIpc) is 2.78. The quantitative estimate of drug-likeness (QED) is 0.335. The van der Waals surface area contributed by atoms with Gasteiger partial charge in [-0.1, -0.05) is 26.0 Å². The Labute approximate surface area is 195 Å². The van der Waals surface area contributed by atoms with Gasteiger partial charge in [-0.3, -0.25) is 9.59 Å². The van der Waals surface area contributed by atoms with Crippen molar-refractivity contribution in [3.63, 3.8) is 0 Å². The molecule has 2 aromatic carbocycles. The van der Waals surface area contributed by atoms with Crippen LogP contribution in [0.25, 0.3) is 6.08 Å². The lowest BCUT2D eigenvalue weighted by molar-refractivity contribution is -0.117. The van der Waals surface area contributed by atoms with Crippen molar-refractivity contribution in [3.8, 4) is 11.5 Å². The number of ether oxygens (including phenoxy) is 2. The van der Waals surface area contributed by atoms with Crippen molar-refractivity contribution in [2.75, 3.05) is 19.8 Å². The number of hydrogen-bond acceptors (Lipinski definition) is 5. The van der Waals surface area contributed by atoms with Gasteiger partial charge in [-0.25, -0.2) is 0 Å². The highest BCUT2D eigenvalue weighted by molar-refractivity contribution is 6.05. The van der Waals surface area contributed by atoms with E-state index >= 15 is 0 Å². The largest absolute Gasteiger partial charge is 0.493 e. The predicted octanol–water partition coefficient (Wildman–Crippen LogP) is 3.78. The van der Waals surface area contributed by atoms with Gasteiger partial charge in [0.05, 0.1) is 12.7 Å². The molecule has 7 heteroatoms. The number of nitrogens with one attached hydrogen (secondary N) is 2. The Morgan fingerprint density at radius 2 is 1.61 bits per heavy atom. The molecule has 2 amide bonds. The maximum Gasteiger partial charge on any atom is 0.267 e. The number of hydrogen-bond donors (Lipinski definition) is 3. The van der Waals surface area contributed by atoms with E-state index in [1.165, 1.54) is 0 Å². The van der Waals surface area contributed by atoms with Gasteiger partial charge in [-0.15, -0.1) is 0 Å². The lowest BCUT2D eigenvalue weighted by atomic mass is 10.1. The smallest absolute Gasteiger partial charge is 0.267 e. The zero-order chi connectivity index (χ0) is 24.2. The molecule has 33 heavy (non-hydrogen) atoms. The van der Waals surface area contributed by atoms with Gasteiger partial charge in [0.1, 0.15) is 17.2 Å². The number of benzene rings is 2. The zero-order valence-corrected chi connectivity index (χ0v) is 19.8. The Kier molecular flexibility index (Phi) is 10.4. The molecule has 0 aliphatic heterocycles. The van der Waals surface area contributed by atoms with Crippen LogP contribution in [0.5, 0.6) is 11.5 Å². The van der Waals surface area contributed by atoms with Crippen molar-refractivity contribution in [1.82, 2.24) is 10.6 Å². The second kappa shape index (κ2) is 13.3. The van der Waals surface area contributed by atoms with Gasteiger partial charge in [0.15, 0.2) is 0 Å². The van der Waals surface area contributed by atoms with Crippen molar-refractivity contribution in [1.29, 1.82) is 0 Å². The SMILES string of the molecule is CC(C)COc1ccc(C(=O)N/C(=C/c2ccc(OC(C)C)cc2)C(=O)NCCCO)cc1. The van der Waals surface area contributed by atoms with E-state index in [4.69, 9.17) is 14.6 Å². The van der Waals surface area contributed by atoms with E-state index in [-0.39, 0.29) is 18.4 Å². The Morgan fingerprint density at radius 3 is 2.18 bits per heavy atom. The first-order valence-corrected chi connectivity index (χ1v) is 11.2. The maximum absolute atomic E-state index is 12.8. The molecule has 0 heterocycles. The van der Waals surface area contributed by atoms with E-state index in [9.17, 15) is 9.59 Å². The van der Waals surface area contributed by atoms with Gasteiger partial charge in [0.2, 0.25) is 0 Å². The summed E-state index contributed by atoms with van der Waals surface area (Å²) in [4.78, 5) is 25.5. The molecule has 0 radical (unpaired) electrons. The minimum absolute atomic E-state index is 0.0335. The third kappa shape index (κ3) is 9.37. The van der Waals surface area contributed by atoms with E-state index in [1.807, 2.05) is 38.1 Å². The fourth-order valence-corrected chi connectivity index (χ4v) is 2.78. The lowest BCUT2D eigenvalue weighted by Gasteiger charge is -2.13. The molecule has 3 N–H and O–H groups in total. The highest BCUT2D eigenvalue weighted by Gasteiger charge is 2.15. The zero-order valence-electron chi connectivity index (χ0n) is 19.8. The van der Waals surface area contributed by atoms with Crippen LogP contribution < -0.4 is 20.1 Å². The first-order valence-electron chi connectivity index (χ1n) is 11.2. The van der Waals surface area contributed by atoms with Crippen LogP contribution in [0, 0.1) is 5.92 Å². The van der Waals surface area contributed by atoms with E-state index in [0.29, 0.717) is 36.8 Å². The summed E-state index contributed by atoms with van der Waals surface area (Å²) in [6.07, 6.45) is 2.08. The molecule has 0 fully saturated rings. The Balaban J connectivity index is 2.16. The number of rotatable bonds is 12. The Morgan fingerprint density at radius 1 is 0.970 bits per heavy atom. The summed E-state index contributed by atoms with van der Waals surface area (Å²) >= 11 is 0. The van der Waals surface area contributed by atoms with Crippen LogP contribution in [0.15, 0.2) is 54.2 Å². The average molecular weight is 455 g/mol. The van der Waals surface area contributed by atoms with Crippen LogP contribution in [-0.2, 0) is 4.79 Å². The number of aliphatic hydroxyl groups excluding tert-OH is 1. The second-order valence-electron chi connectivity index (χ2n) is 8.31. The van der Waals surface area contributed by atoms with Crippen LogP contribution in [0.1, 0.15) is 50.0 Å². The molecule has 2 rings (SSSR count). The number of carbonyl (C=O) groups excluding carboxylic acids is 2. The molecule has 0 saturated heterocycles. The third-order valence-electron chi connectivity index (χ3n) is 4.38. The standard InChI is InChI=1S/C26H34N2O5/c1-18(2)17-32-22-12-8-21(9-13-22)25(30)28-24(26(31)27-14-5-15-29)16-20-6-10-23(11-7-20)33-19(3)4/h6-13,16,18-19,29H,5,14-15,17H2,1-4H3,(H,27,31)(H,28,30)/b24-16+. The molecule has 0 unspecified atom stereocenters. The molecule has 0 saturated carbocycles. The molecule has 0 spiro atoms. The van der Waals surface area contributed by atoms with Crippen LogP contribution >= 0.6 is 0 Å². The summed E-state index contributed by atoms with van der Waals surface area (Å²) in [5.41, 5.74) is 1.24. The molecule has 0 atom stereocenters. The fraction of sp³-hybridized carbons (Fsp3) is 0.385. The minimum atomic E-state index is -0.434. The molecule has 0 aliphatic rings. The third-order valence-corrected chi connectivity index (χ3v) is 4.38. The molecule has 0 bridgehead atoms. The lowest BCUT2D eigenvalue weighted by Crippen LogP contribution is -2.35. The highest BCUT2D eigenvalue weighted by Crippen LogP contribution is 2.17. The van der Waals surface area contributed by atoms with Crippen molar-refractivity contribution in [2.45, 2.75) is 40.2 Å². The summed E-state index contributed by atoms with van der Waals surface area (Å²) in [5.74, 6) is 0.960. The van der Waals surface area contributed by atoms with Gasteiger partial charge in [0.25, 0.3) is 11.8 Å². The second-order valence-corrected chi connectivity index (χ2v) is 8.31. The van der Waals surface area contributed by atoms with Gasteiger partial charge in [-0.2, -0.15) is 0 Å². The van der Waals surface area contributed by atoms with E-state index in [0.717, 1.165) is 11.3 Å². The van der Waals surface area contributed by atoms with Crippen molar-refractivity contribution < 1.29 is 24.2 Å². The summed E-state index contributed by atoms with van der Waals surface area (Å²) in [7, 11) is 0. The monoisotopic (exact) mass is 454 g/mol. The molecule has 0 aliphatic carbocycles. The van der Waals surface area contributed by atoms with Crippen LogP contribution in [0.4, 0.5) is 0 Å². The van der Waals surface area contributed by atoms with E-state index in [2.05, 4.69) is 24.5 Å². The predicted molar refractivity (Wildman–Crippen MR) is 129 cm³/mol. The van der Waals surface area contributed by atoms with Crippen LogP contribution in [0.2, 0.25) is 0 Å². The van der Waals surface area contributed by atoms with E-state index in [1.54, 1.807) is 30.3 Å². The summed E-state index contributed by atoms with van der Waals surface area (Å²) < 4.78 is 11.3. The van der Waals surface area contributed by atoms with Crippen molar-refractivity contribution in [3.05, 3.63) is 65.4 Å². The first kappa shape index (κ1) is 25.9. The molecular formula is C26H34N2O5. The summed E-state index contributed by atoms with van der Waals surface area (Å²) in [6, 6.07) is 14.0. The number of aliphatic hydroxyl groups is 1. The number of carbonyl (C=O) groups is 2. The normalized spacial score (nSPS) is 11.4. The maximum atomic E-state index is 12.8. The summed E-state index contributed by atoms with van der Waals surface area (Å²) in [5, 5.41) is 14.4. The summed E-state index contributed by atoms with van der Waals surface area (Å²) in [6.45, 7) is 8.87. The highest BCUT2D eigenvalue weighted by atomic mass is 16.5. The Bertz CT molecular complexity index is 919. The van der Waals surface area contributed by atoms with Crippen molar-refractivity contribution >= 4 is 17.9 Å². The minimum Gasteiger partial charge on any atom is -0.493 e. The first-order chi connectivity index (χ1) is 15.8. The van der Waals surface area contributed by atoms with Crippen LogP contribution in [0.3, 0.4) is 0 Å². The molecule has 2 aromatic rings. The van der Waals surface area contributed by atoms with Crippen LogP contribution in [-0.4, -0.2) is 42.8 Å². The van der Waals surface area contributed by atoms with Gasteiger partial charge in [-0.05, 0) is 74.2 Å². The molecule has 0 aromatic heterocycles. The molecular weight excluding hydrogens is 420 g/mol.